The van der Waals surface area contributed by atoms with Crippen LogP contribution in [0.15, 0.2) is 54.1 Å². The molecule has 2 aromatic carbocycles. The summed E-state index contributed by atoms with van der Waals surface area (Å²) in [6.45, 7) is 0.585. The summed E-state index contributed by atoms with van der Waals surface area (Å²) in [5, 5.41) is 11.3. The van der Waals surface area contributed by atoms with Gasteiger partial charge in [-0.15, -0.1) is 0 Å². The number of ether oxygens (including phenoxy) is 1. The number of aliphatic hydroxyl groups is 1. The summed E-state index contributed by atoms with van der Waals surface area (Å²) in [4.78, 5) is 44.9. The van der Waals surface area contributed by atoms with Gasteiger partial charge in [-0.05, 0) is 44.4 Å². The van der Waals surface area contributed by atoms with Crippen LogP contribution in [0.5, 0.6) is 5.75 Å². The van der Waals surface area contributed by atoms with E-state index < -0.39 is 28.9 Å². The molecular formula is C24H25N3O5. The van der Waals surface area contributed by atoms with Crippen molar-refractivity contribution in [3.63, 3.8) is 0 Å². The van der Waals surface area contributed by atoms with Crippen molar-refractivity contribution in [1.29, 1.82) is 0 Å². The summed E-state index contributed by atoms with van der Waals surface area (Å²) in [7, 11) is 6.82. The molecule has 32 heavy (non-hydrogen) atoms. The first-order valence-corrected chi connectivity index (χ1v) is 10.2. The zero-order chi connectivity index (χ0) is 23.2. The largest absolute Gasteiger partial charge is 0.507 e. The second-order valence-electron chi connectivity index (χ2n) is 8.13. The molecule has 0 saturated carbocycles. The molecular weight excluding hydrogens is 410 g/mol. The van der Waals surface area contributed by atoms with Crippen LogP contribution in [0.4, 0.5) is 5.69 Å². The third-order valence-electron chi connectivity index (χ3n) is 6.07. The van der Waals surface area contributed by atoms with E-state index in [0.29, 0.717) is 29.1 Å². The van der Waals surface area contributed by atoms with E-state index in [0.717, 1.165) is 0 Å². The molecule has 2 aromatic rings. The Bertz CT molecular complexity index is 1140. The lowest BCUT2D eigenvalue weighted by Crippen LogP contribution is -2.52. The Morgan fingerprint density at radius 3 is 2.34 bits per heavy atom. The molecule has 1 saturated heterocycles. The number of nitrogens with zero attached hydrogens (tertiary/aromatic N) is 3. The van der Waals surface area contributed by atoms with Gasteiger partial charge in [-0.25, -0.2) is 0 Å². The van der Waals surface area contributed by atoms with E-state index in [1.165, 1.54) is 16.9 Å². The van der Waals surface area contributed by atoms with Gasteiger partial charge in [0.2, 0.25) is 0 Å². The molecule has 2 aliphatic heterocycles. The van der Waals surface area contributed by atoms with Crippen molar-refractivity contribution < 1.29 is 24.2 Å². The molecule has 0 radical (unpaired) electrons. The third-order valence-corrected chi connectivity index (χ3v) is 6.07. The lowest BCUT2D eigenvalue weighted by Gasteiger charge is -2.34. The van der Waals surface area contributed by atoms with Crippen LogP contribution in [0.3, 0.4) is 0 Å². The Balaban J connectivity index is 2.01. The Kier molecular flexibility index (Phi) is 5.26. The second-order valence-corrected chi connectivity index (χ2v) is 8.13. The molecule has 2 amide bonds. The minimum atomic E-state index is -1.72. The van der Waals surface area contributed by atoms with Gasteiger partial charge in [-0.1, -0.05) is 18.2 Å². The van der Waals surface area contributed by atoms with Crippen LogP contribution in [-0.4, -0.2) is 73.8 Å². The molecule has 1 N–H and O–H groups in total. The molecule has 0 bridgehead atoms. The molecule has 2 aliphatic rings. The van der Waals surface area contributed by atoms with Gasteiger partial charge in [0.25, 0.3) is 17.6 Å². The Hall–Kier alpha value is -3.65. The van der Waals surface area contributed by atoms with E-state index >= 15 is 0 Å². The predicted octanol–water partition coefficient (Wildman–Crippen LogP) is 1.81. The maximum atomic E-state index is 13.8. The van der Waals surface area contributed by atoms with Crippen LogP contribution in [0.2, 0.25) is 0 Å². The maximum absolute atomic E-state index is 13.8. The molecule has 8 heteroatoms. The number of aliphatic hydroxyl groups excluding tert-OH is 1. The molecule has 1 fully saturated rings. The number of ketones is 1. The van der Waals surface area contributed by atoms with Gasteiger partial charge in [0.1, 0.15) is 11.5 Å². The first-order valence-electron chi connectivity index (χ1n) is 10.2. The molecule has 8 nitrogen and oxygen atoms in total. The molecule has 166 valence electrons. The lowest BCUT2D eigenvalue weighted by molar-refractivity contribution is -0.143. The van der Waals surface area contributed by atoms with Crippen molar-refractivity contribution in [3.05, 3.63) is 65.2 Å². The fourth-order valence-corrected chi connectivity index (χ4v) is 4.46. The van der Waals surface area contributed by atoms with E-state index in [9.17, 15) is 19.5 Å². The fourth-order valence-electron chi connectivity index (χ4n) is 4.46. The number of rotatable bonds is 5. The molecule has 0 aliphatic carbocycles. The summed E-state index contributed by atoms with van der Waals surface area (Å²) in [5.41, 5.74) is -0.529. The van der Waals surface area contributed by atoms with E-state index in [4.69, 9.17) is 4.74 Å². The average molecular weight is 435 g/mol. The molecule has 2 heterocycles. The highest BCUT2D eigenvalue weighted by molar-refractivity contribution is 6.50. The summed E-state index contributed by atoms with van der Waals surface area (Å²) >= 11 is 0. The number of hydrogen-bond donors (Lipinski definition) is 1. The SMILES string of the molecule is COc1ccc(C(O)=C2C(=O)C(=O)N(CCN(C)C)[C@@]23C(=O)N(C)c2ccccc23)cc1. The van der Waals surface area contributed by atoms with Gasteiger partial charge in [0, 0.05) is 37.0 Å². The van der Waals surface area contributed by atoms with Crippen molar-refractivity contribution in [1.82, 2.24) is 9.80 Å². The smallest absolute Gasteiger partial charge is 0.296 e. The number of likely N-dealkylation sites (N-methyl/N-ethyl adjacent to an activating group) is 2. The van der Waals surface area contributed by atoms with Crippen LogP contribution in [0.1, 0.15) is 11.1 Å². The van der Waals surface area contributed by atoms with Crippen molar-refractivity contribution in [3.8, 4) is 5.75 Å². The zero-order valence-electron chi connectivity index (χ0n) is 18.5. The van der Waals surface area contributed by atoms with E-state index in [1.807, 2.05) is 19.0 Å². The number of anilines is 1. The highest BCUT2D eigenvalue weighted by atomic mass is 16.5. The number of fused-ring (bicyclic) bond motifs is 2. The number of methoxy groups -OCH3 is 1. The number of carbonyl (C=O) groups is 3. The van der Waals surface area contributed by atoms with E-state index in [1.54, 1.807) is 55.6 Å². The van der Waals surface area contributed by atoms with Crippen LogP contribution in [0.25, 0.3) is 5.76 Å². The third kappa shape index (κ3) is 2.90. The van der Waals surface area contributed by atoms with Crippen molar-refractivity contribution in [2.75, 3.05) is 46.2 Å². The lowest BCUT2D eigenvalue weighted by atomic mass is 9.82. The minimum absolute atomic E-state index is 0.144. The molecule has 4 rings (SSSR count). The monoisotopic (exact) mass is 435 g/mol. The van der Waals surface area contributed by atoms with Gasteiger partial charge in [-0.2, -0.15) is 0 Å². The molecule has 1 spiro atoms. The number of likely N-dealkylation sites (tertiary alicyclic amines) is 1. The van der Waals surface area contributed by atoms with Crippen LogP contribution in [-0.2, 0) is 19.9 Å². The van der Waals surface area contributed by atoms with Crippen molar-refractivity contribution in [2.24, 2.45) is 0 Å². The number of benzene rings is 2. The van der Waals surface area contributed by atoms with E-state index in [-0.39, 0.29) is 12.1 Å². The highest BCUT2D eigenvalue weighted by Crippen LogP contribution is 2.53. The average Bonchev–Trinajstić information content (AvgIpc) is 3.15. The van der Waals surface area contributed by atoms with Gasteiger partial charge in [-0.3, -0.25) is 14.4 Å². The van der Waals surface area contributed by atoms with Gasteiger partial charge in [0.05, 0.1) is 12.7 Å². The number of hydrogen-bond acceptors (Lipinski definition) is 6. The summed E-state index contributed by atoms with van der Waals surface area (Å²) in [6.07, 6.45) is 0. The van der Waals surface area contributed by atoms with E-state index in [2.05, 4.69) is 0 Å². The van der Waals surface area contributed by atoms with Gasteiger partial charge < -0.3 is 24.5 Å². The number of para-hydroxylation sites is 1. The fraction of sp³-hybridized carbons (Fsp3) is 0.292. The number of Topliss-reactive ketones (excluding diaryl/α,β-unsaturated/α-hetero) is 1. The van der Waals surface area contributed by atoms with Gasteiger partial charge in [0.15, 0.2) is 5.54 Å². The summed E-state index contributed by atoms with van der Waals surface area (Å²) < 4.78 is 5.16. The molecule has 0 aromatic heterocycles. The molecule has 0 unspecified atom stereocenters. The maximum Gasteiger partial charge on any atom is 0.296 e. The predicted molar refractivity (Wildman–Crippen MR) is 119 cm³/mol. The standard InChI is InChI=1S/C24H25N3O5/c1-25(2)13-14-27-22(30)21(29)19(20(28)15-9-11-16(32-4)12-10-15)24(27)17-7-5-6-8-18(17)26(3)23(24)31/h5-12,28H,13-14H2,1-4H3/t24-/m1/s1. The molecule has 1 atom stereocenters. The highest BCUT2D eigenvalue weighted by Gasteiger charge is 2.66. The first-order chi connectivity index (χ1) is 15.2. The second kappa shape index (κ2) is 7.80. The Morgan fingerprint density at radius 2 is 1.72 bits per heavy atom. The van der Waals surface area contributed by atoms with Gasteiger partial charge >= 0.3 is 0 Å². The zero-order valence-corrected chi connectivity index (χ0v) is 18.5. The van der Waals surface area contributed by atoms with Crippen LogP contribution in [0, 0.1) is 0 Å². The van der Waals surface area contributed by atoms with Crippen LogP contribution >= 0.6 is 0 Å². The van der Waals surface area contributed by atoms with Crippen LogP contribution < -0.4 is 9.64 Å². The summed E-state index contributed by atoms with van der Waals surface area (Å²) in [5.74, 6) is -1.95. The van der Waals surface area contributed by atoms with Crippen molar-refractivity contribution in [2.45, 2.75) is 5.54 Å². The Morgan fingerprint density at radius 1 is 1.06 bits per heavy atom. The first kappa shape index (κ1) is 21.6. The quantitative estimate of drug-likeness (QED) is 0.438. The number of carbonyl (C=O) groups excluding carboxylic acids is 3. The summed E-state index contributed by atoms with van der Waals surface area (Å²) in [6, 6.07) is 13.5. The topological polar surface area (TPSA) is 90.4 Å². The van der Waals surface area contributed by atoms with Crippen molar-refractivity contribution >= 4 is 29.0 Å². The number of amides is 2. The normalized spacial score (nSPS) is 21.7. The minimum Gasteiger partial charge on any atom is -0.507 e. The Labute approximate surface area is 186 Å².